The lowest BCUT2D eigenvalue weighted by Gasteiger charge is -2.26. The van der Waals surface area contributed by atoms with E-state index >= 15 is 0 Å². The van der Waals surface area contributed by atoms with E-state index in [2.05, 4.69) is 6.92 Å². The van der Waals surface area contributed by atoms with Crippen molar-refractivity contribution in [1.29, 1.82) is 0 Å². The molecule has 2 atom stereocenters. The second-order valence-electron chi connectivity index (χ2n) is 5.94. The lowest BCUT2D eigenvalue weighted by atomic mass is 9.83. The fraction of sp³-hybridized carbons (Fsp3) is 0.588. The normalized spacial score (nSPS) is 23.3. The Morgan fingerprint density at radius 1 is 1.26 bits per heavy atom. The van der Waals surface area contributed by atoms with E-state index in [4.69, 9.17) is 4.74 Å². The Labute approximate surface area is 116 Å². The summed E-state index contributed by atoms with van der Waals surface area (Å²) in [7, 11) is 0. The molecule has 2 nitrogen and oxygen atoms in total. The summed E-state index contributed by atoms with van der Waals surface area (Å²) >= 11 is 0. The number of ketones is 1. The van der Waals surface area contributed by atoms with Gasteiger partial charge in [0.1, 0.15) is 6.61 Å². The molecule has 19 heavy (non-hydrogen) atoms. The summed E-state index contributed by atoms with van der Waals surface area (Å²) < 4.78 is 5.62. The van der Waals surface area contributed by atoms with Crippen molar-refractivity contribution in [3.05, 3.63) is 35.4 Å². The maximum Gasteiger partial charge on any atom is 0.188 e. The predicted octanol–water partition coefficient (Wildman–Crippen LogP) is 4.02. The molecule has 0 spiro atoms. The van der Waals surface area contributed by atoms with Crippen LogP contribution in [0.15, 0.2) is 24.3 Å². The second kappa shape index (κ2) is 6.85. The van der Waals surface area contributed by atoms with E-state index in [1.807, 2.05) is 31.2 Å². The number of hydrogen-bond donors (Lipinski definition) is 0. The molecule has 104 valence electrons. The first-order valence-corrected chi connectivity index (χ1v) is 7.32. The third-order valence-corrected chi connectivity index (χ3v) is 4.01. The molecule has 0 amide bonds. The van der Waals surface area contributed by atoms with E-state index in [1.54, 1.807) is 0 Å². The van der Waals surface area contributed by atoms with Crippen LogP contribution in [0.1, 0.15) is 48.5 Å². The van der Waals surface area contributed by atoms with E-state index in [1.165, 1.54) is 31.2 Å². The number of rotatable bonds is 5. The standard InChI is InChI=1S/C17H24O2/c1-13-6-8-16(9-7-13)17(18)12-19-11-15-5-3-4-14(2)10-15/h6-9,14-15H,3-5,10-12H2,1-2H3. The smallest absolute Gasteiger partial charge is 0.188 e. The van der Waals surface area contributed by atoms with Gasteiger partial charge in [-0.1, -0.05) is 49.6 Å². The van der Waals surface area contributed by atoms with E-state index in [0.717, 1.165) is 18.1 Å². The van der Waals surface area contributed by atoms with Gasteiger partial charge >= 0.3 is 0 Å². The Bertz CT molecular complexity index is 408. The molecule has 0 aliphatic heterocycles. The van der Waals surface area contributed by atoms with Gasteiger partial charge in [-0.05, 0) is 31.6 Å². The van der Waals surface area contributed by atoms with Gasteiger partial charge in [0.2, 0.25) is 0 Å². The minimum absolute atomic E-state index is 0.0869. The monoisotopic (exact) mass is 260 g/mol. The van der Waals surface area contributed by atoms with Crippen LogP contribution >= 0.6 is 0 Å². The molecule has 1 saturated carbocycles. The van der Waals surface area contributed by atoms with Gasteiger partial charge in [0.05, 0.1) is 6.61 Å². The average Bonchev–Trinajstić information content (AvgIpc) is 2.39. The molecule has 0 saturated heterocycles. The number of carbonyl (C=O) groups is 1. The van der Waals surface area contributed by atoms with E-state index in [-0.39, 0.29) is 12.4 Å². The first kappa shape index (κ1) is 14.3. The van der Waals surface area contributed by atoms with Crippen molar-refractivity contribution in [3.63, 3.8) is 0 Å². The van der Waals surface area contributed by atoms with Crippen LogP contribution in [0.3, 0.4) is 0 Å². The van der Waals surface area contributed by atoms with Crippen molar-refractivity contribution in [2.45, 2.75) is 39.5 Å². The van der Waals surface area contributed by atoms with Crippen LogP contribution < -0.4 is 0 Å². The summed E-state index contributed by atoms with van der Waals surface area (Å²) in [5, 5.41) is 0. The Balaban J connectivity index is 1.73. The minimum Gasteiger partial charge on any atom is -0.373 e. The molecule has 1 aliphatic carbocycles. The summed E-state index contributed by atoms with van der Waals surface area (Å²) in [5.41, 5.74) is 1.93. The summed E-state index contributed by atoms with van der Waals surface area (Å²) in [4.78, 5) is 11.9. The molecule has 0 aromatic heterocycles. The van der Waals surface area contributed by atoms with Crippen molar-refractivity contribution in [2.24, 2.45) is 11.8 Å². The number of ether oxygens (including phenoxy) is 1. The Morgan fingerprint density at radius 3 is 2.68 bits per heavy atom. The van der Waals surface area contributed by atoms with Gasteiger partial charge < -0.3 is 4.74 Å². The molecule has 0 heterocycles. The van der Waals surface area contributed by atoms with Crippen LogP contribution in [0.5, 0.6) is 0 Å². The molecular formula is C17H24O2. The molecular weight excluding hydrogens is 236 g/mol. The van der Waals surface area contributed by atoms with Gasteiger partial charge in [0.25, 0.3) is 0 Å². The van der Waals surface area contributed by atoms with Crippen molar-refractivity contribution in [2.75, 3.05) is 13.2 Å². The fourth-order valence-electron chi connectivity index (χ4n) is 2.85. The summed E-state index contributed by atoms with van der Waals surface area (Å²) in [5.74, 6) is 1.55. The minimum atomic E-state index is 0.0869. The van der Waals surface area contributed by atoms with Crippen LogP contribution in [-0.2, 0) is 4.74 Å². The van der Waals surface area contributed by atoms with Crippen LogP contribution in [0, 0.1) is 18.8 Å². The molecule has 1 fully saturated rings. The van der Waals surface area contributed by atoms with E-state index < -0.39 is 0 Å². The third kappa shape index (κ3) is 4.46. The molecule has 2 rings (SSSR count). The lowest BCUT2D eigenvalue weighted by Crippen LogP contribution is -2.20. The van der Waals surface area contributed by atoms with Crippen molar-refractivity contribution in [3.8, 4) is 0 Å². The molecule has 2 unspecified atom stereocenters. The zero-order chi connectivity index (χ0) is 13.7. The molecule has 2 heteroatoms. The zero-order valence-electron chi connectivity index (χ0n) is 12.0. The largest absolute Gasteiger partial charge is 0.373 e. The predicted molar refractivity (Wildman–Crippen MR) is 77.5 cm³/mol. The van der Waals surface area contributed by atoms with Gasteiger partial charge in [-0.3, -0.25) is 4.79 Å². The summed E-state index contributed by atoms with van der Waals surface area (Å²) in [6.45, 7) is 5.29. The first-order valence-electron chi connectivity index (χ1n) is 7.32. The Hall–Kier alpha value is -1.15. The number of benzene rings is 1. The molecule has 1 aromatic rings. The molecule has 0 N–H and O–H groups in total. The quantitative estimate of drug-likeness (QED) is 0.747. The van der Waals surface area contributed by atoms with Crippen LogP contribution in [0.2, 0.25) is 0 Å². The Morgan fingerprint density at radius 2 is 2.00 bits per heavy atom. The number of carbonyl (C=O) groups excluding carboxylic acids is 1. The highest BCUT2D eigenvalue weighted by atomic mass is 16.5. The SMILES string of the molecule is Cc1ccc(C(=O)COCC2CCCC(C)C2)cc1. The molecule has 1 aromatic carbocycles. The summed E-state index contributed by atoms with van der Waals surface area (Å²) in [6.07, 6.45) is 5.15. The van der Waals surface area contributed by atoms with E-state index in [9.17, 15) is 4.79 Å². The third-order valence-electron chi connectivity index (χ3n) is 4.01. The Kier molecular flexibility index (Phi) is 5.15. The fourth-order valence-corrected chi connectivity index (χ4v) is 2.85. The topological polar surface area (TPSA) is 26.3 Å². The molecule has 0 bridgehead atoms. The molecule has 1 aliphatic rings. The summed E-state index contributed by atoms with van der Waals surface area (Å²) in [6, 6.07) is 7.69. The molecule has 0 radical (unpaired) electrons. The number of Topliss-reactive ketones (excluding diaryl/α,β-unsaturated/α-hetero) is 1. The van der Waals surface area contributed by atoms with Gasteiger partial charge in [0, 0.05) is 5.56 Å². The van der Waals surface area contributed by atoms with Crippen molar-refractivity contribution in [1.82, 2.24) is 0 Å². The van der Waals surface area contributed by atoms with Crippen LogP contribution in [0.4, 0.5) is 0 Å². The van der Waals surface area contributed by atoms with Crippen LogP contribution in [-0.4, -0.2) is 19.0 Å². The highest BCUT2D eigenvalue weighted by molar-refractivity contribution is 5.97. The van der Waals surface area contributed by atoms with Crippen molar-refractivity contribution < 1.29 is 9.53 Å². The van der Waals surface area contributed by atoms with Crippen molar-refractivity contribution >= 4 is 5.78 Å². The van der Waals surface area contributed by atoms with Gasteiger partial charge in [-0.15, -0.1) is 0 Å². The van der Waals surface area contributed by atoms with Gasteiger partial charge in [0.15, 0.2) is 5.78 Å². The first-order chi connectivity index (χ1) is 9.15. The number of hydrogen-bond acceptors (Lipinski definition) is 2. The van der Waals surface area contributed by atoms with E-state index in [0.29, 0.717) is 5.92 Å². The zero-order valence-corrected chi connectivity index (χ0v) is 12.0. The number of aryl methyl sites for hydroxylation is 1. The lowest BCUT2D eigenvalue weighted by molar-refractivity contribution is 0.0594. The maximum atomic E-state index is 11.9. The van der Waals surface area contributed by atoms with Gasteiger partial charge in [-0.25, -0.2) is 0 Å². The second-order valence-corrected chi connectivity index (χ2v) is 5.94. The highest BCUT2D eigenvalue weighted by Gasteiger charge is 2.19. The maximum absolute atomic E-state index is 11.9. The average molecular weight is 260 g/mol. The highest BCUT2D eigenvalue weighted by Crippen LogP contribution is 2.28. The van der Waals surface area contributed by atoms with Crippen LogP contribution in [0.25, 0.3) is 0 Å². The van der Waals surface area contributed by atoms with Gasteiger partial charge in [-0.2, -0.15) is 0 Å².